The van der Waals surface area contributed by atoms with Crippen molar-refractivity contribution in [2.24, 2.45) is 0 Å². The summed E-state index contributed by atoms with van der Waals surface area (Å²) in [7, 11) is -3.45. The molecule has 0 unspecified atom stereocenters. The largest absolute Gasteiger partial charge is 0.315 e. The highest BCUT2D eigenvalue weighted by molar-refractivity contribution is 7.89. The maximum atomic E-state index is 12.4. The fourth-order valence-corrected chi connectivity index (χ4v) is 3.83. The van der Waals surface area contributed by atoms with Crippen LogP contribution in [0.2, 0.25) is 5.02 Å². The summed E-state index contributed by atoms with van der Waals surface area (Å²) in [6.45, 7) is 2.58. The molecule has 1 N–H and O–H groups in total. The van der Waals surface area contributed by atoms with E-state index in [2.05, 4.69) is 5.32 Å². The van der Waals surface area contributed by atoms with E-state index in [1.165, 1.54) is 4.31 Å². The average molecular weight is 275 g/mol. The fourth-order valence-electron chi connectivity index (χ4n) is 1.85. The molecule has 0 atom stereocenters. The van der Waals surface area contributed by atoms with E-state index in [4.69, 9.17) is 11.6 Å². The van der Waals surface area contributed by atoms with Gasteiger partial charge < -0.3 is 5.32 Å². The topological polar surface area (TPSA) is 49.4 Å². The van der Waals surface area contributed by atoms with Crippen molar-refractivity contribution < 1.29 is 8.42 Å². The smallest absolute Gasteiger partial charge is 0.244 e. The summed E-state index contributed by atoms with van der Waals surface area (Å²) in [4.78, 5) is 0.198. The van der Waals surface area contributed by atoms with Gasteiger partial charge in [0.15, 0.2) is 0 Å². The van der Waals surface area contributed by atoms with Crippen LogP contribution in [0.25, 0.3) is 0 Å². The van der Waals surface area contributed by atoms with E-state index in [9.17, 15) is 8.42 Å². The lowest BCUT2D eigenvalue weighted by atomic mass is 10.4. The van der Waals surface area contributed by atoms with E-state index in [0.717, 1.165) is 13.0 Å². The van der Waals surface area contributed by atoms with Gasteiger partial charge in [0.05, 0.1) is 5.02 Å². The lowest BCUT2D eigenvalue weighted by Crippen LogP contribution is -2.34. The summed E-state index contributed by atoms with van der Waals surface area (Å²) in [6.07, 6.45) is 0.823. The van der Waals surface area contributed by atoms with Crippen molar-refractivity contribution in [3.05, 3.63) is 29.3 Å². The average Bonchev–Trinajstić information content (AvgIpc) is 2.58. The Balaban J connectivity index is 2.32. The molecule has 1 heterocycles. The van der Waals surface area contributed by atoms with Crippen molar-refractivity contribution in [1.82, 2.24) is 9.62 Å². The van der Waals surface area contributed by atoms with Gasteiger partial charge in [-0.3, -0.25) is 0 Å². The zero-order chi connectivity index (χ0) is 12.3. The van der Waals surface area contributed by atoms with Gasteiger partial charge in [0.25, 0.3) is 0 Å². The predicted molar refractivity (Wildman–Crippen MR) is 67.7 cm³/mol. The van der Waals surface area contributed by atoms with E-state index in [0.29, 0.717) is 19.6 Å². The summed E-state index contributed by atoms with van der Waals surface area (Å²) in [5.74, 6) is 0. The van der Waals surface area contributed by atoms with Gasteiger partial charge in [-0.15, -0.1) is 0 Å². The molecule has 0 bridgehead atoms. The first kappa shape index (κ1) is 12.8. The Morgan fingerprint density at radius 2 is 1.94 bits per heavy atom. The van der Waals surface area contributed by atoms with Gasteiger partial charge in [0.1, 0.15) is 4.90 Å². The van der Waals surface area contributed by atoms with Crippen molar-refractivity contribution in [1.29, 1.82) is 0 Å². The van der Waals surface area contributed by atoms with Crippen molar-refractivity contribution >= 4 is 21.6 Å². The first-order chi connectivity index (χ1) is 8.12. The summed E-state index contributed by atoms with van der Waals surface area (Å²) >= 11 is 5.95. The molecule has 1 aromatic carbocycles. The van der Waals surface area contributed by atoms with Crippen LogP contribution in [-0.4, -0.2) is 38.9 Å². The molecule has 6 heteroatoms. The summed E-state index contributed by atoms with van der Waals surface area (Å²) in [5.41, 5.74) is 0. The molecule has 0 spiro atoms. The lowest BCUT2D eigenvalue weighted by molar-refractivity contribution is 0.432. The van der Waals surface area contributed by atoms with E-state index >= 15 is 0 Å². The standard InChI is InChI=1S/C11H15ClN2O2S/c12-10-4-1-2-5-11(10)17(15,16)14-8-3-6-13-7-9-14/h1-2,4-5,13H,3,6-9H2. The van der Waals surface area contributed by atoms with Gasteiger partial charge in [0.2, 0.25) is 10.0 Å². The highest BCUT2D eigenvalue weighted by Crippen LogP contribution is 2.24. The SMILES string of the molecule is O=S(=O)(c1ccccc1Cl)N1CCCNCC1. The Labute approximate surface area is 107 Å². The third-order valence-corrected chi connectivity index (χ3v) is 5.15. The van der Waals surface area contributed by atoms with E-state index in [-0.39, 0.29) is 9.92 Å². The minimum atomic E-state index is -3.45. The molecule has 0 aliphatic carbocycles. The number of nitrogens with one attached hydrogen (secondary N) is 1. The van der Waals surface area contributed by atoms with Crippen LogP contribution in [0.3, 0.4) is 0 Å². The van der Waals surface area contributed by atoms with Crippen LogP contribution in [0.4, 0.5) is 0 Å². The Morgan fingerprint density at radius 3 is 2.71 bits per heavy atom. The van der Waals surface area contributed by atoms with Crippen LogP contribution >= 0.6 is 11.6 Å². The van der Waals surface area contributed by atoms with Crippen LogP contribution in [-0.2, 0) is 10.0 Å². The number of nitrogens with zero attached hydrogens (tertiary/aromatic N) is 1. The predicted octanol–water partition coefficient (Wildman–Crippen LogP) is 1.32. The Hall–Kier alpha value is -0.620. The monoisotopic (exact) mass is 274 g/mol. The summed E-state index contributed by atoms with van der Waals surface area (Å²) in [6, 6.07) is 6.57. The second-order valence-corrected chi connectivity index (χ2v) is 6.25. The second-order valence-electron chi connectivity index (χ2n) is 3.94. The molecule has 0 amide bonds. The third kappa shape index (κ3) is 2.80. The van der Waals surface area contributed by atoms with Gasteiger partial charge >= 0.3 is 0 Å². The third-order valence-electron chi connectivity index (χ3n) is 2.75. The van der Waals surface area contributed by atoms with Crippen molar-refractivity contribution in [2.45, 2.75) is 11.3 Å². The van der Waals surface area contributed by atoms with Gasteiger partial charge in [-0.25, -0.2) is 8.42 Å². The van der Waals surface area contributed by atoms with Crippen molar-refractivity contribution in [3.63, 3.8) is 0 Å². The molecule has 2 rings (SSSR count). The molecule has 0 saturated carbocycles. The molecule has 0 radical (unpaired) electrons. The normalized spacial score (nSPS) is 18.9. The van der Waals surface area contributed by atoms with Gasteiger partial charge in [-0.2, -0.15) is 4.31 Å². The number of rotatable bonds is 2. The maximum Gasteiger partial charge on any atom is 0.244 e. The molecular formula is C11H15ClN2O2S. The van der Waals surface area contributed by atoms with Gasteiger partial charge in [0, 0.05) is 19.6 Å². The molecule has 0 aromatic heterocycles. The molecule has 1 saturated heterocycles. The molecule has 1 fully saturated rings. The molecule has 17 heavy (non-hydrogen) atoms. The molecule has 1 aliphatic heterocycles. The minimum absolute atomic E-state index is 0.198. The number of sulfonamides is 1. The van der Waals surface area contributed by atoms with Crippen LogP contribution in [0.15, 0.2) is 29.2 Å². The molecule has 1 aromatic rings. The molecular weight excluding hydrogens is 260 g/mol. The Kier molecular flexibility index (Phi) is 4.04. The molecule has 1 aliphatic rings. The lowest BCUT2D eigenvalue weighted by Gasteiger charge is -2.20. The Morgan fingerprint density at radius 1 is 1.18 bits per heavy atom. The highest BCUT2D eigenvalue weighted by atomic mass is 35.5. The summed E-state index contributed by atoms with van der Waals surface area (Å²) in [5, 5.41) is 3.46. The quantitative estimate of drug-likeness (QED) is 0.885. The van der Waals surface area contributed by atoms with E-state index in [1.807, 2.05) is 0 Å². The first-order valence-electron chi connectivity index (χ1n) is 5.58. The first-order valence-corrected chi connectivity index (χ1v) is 7.39. The van der Waals surface area contributed by atoms with E-state index in [1.54, 1.807) is 24.3 Å². The van der Waals surface area contributed by atoms with Crippen molar-refractivity contribution in [2.75, 3.05) is 26.2 Å². The van der Waals surface area contributed by atoms with Crippen LogP contribution in [0.5, 0.6) is 0 Å². The number of halogens is 1. The Bertz CT molecular complexity index is 482. The fraction of sp³-hybridized carbons (Fsp3) is 0.455. The molecule has 94 valence electrons. The van der Waals surface area contributed by atoms with Crippen LogP contribution < -0.4 is 5.32 Å². The van der Waals surface area contributed by atoms with Crippen LogP contribution in [0.1, 0.15) is 6.42 Å². The van der Waals surface area contributed by atoms with Gasteiger partial charge in [-0.1, -0.05) is 23.7 Å². The second kappa shape index (κ2) is 5.35. The van der Waals surface area contributed by atoms with Crippen LogP contribution in [0, 0.1) is 0 Å². The number of hydrogen-bond donors (Lipinski definition) is 1. The zero-order valence-electron chi connectivity index (χ0n) is 9.39. The maximum absolute atomic E-state index is 12.4. The zero-order valence-corrected chi connectivity index (χ0v) is 11.0. The minimum Gasteiger partial charge on any atom is -0.315 e. The number of hydrogen-bond acceptors (Lipinski definition) is 3. The molecule has 4 nitrogen and oxygen atoms in total. The summed E-state index contributed by atoms with van der Waals surface area (Å²) < 4.78 is 26.2. The van der Waals surface area contributed by atoms with Gasteiger partial charge in [-0.05, 0) is 25.1 Å². The highest BCUT2D eigenvalue weighted by Gasteiger charge is 2.26. The number of benzene rings is 1. The van der Waals surface area contributed by atoms with E-state index < -0.39 is 10.0 Å². The van der Waals surface area contributed by atoms with Crippen molar-refractivity contribution in [3.8, 4) is 0 Å².